The van der Waals surface area contributed by atoms with Crippen LogP contribution in [0.15, 0.2) is 24.3 Å². The number of amides is 1. The number of nitrogens with one attached hydrogen (secondary N) is 1. The Morgan fingerprint density at radius 3 is 2.88 bits per heavy atom. The minimum absolute atomic E-state index is 0.0368. The average Bonchev–Trinajstić information content (AvgIpc) is 2.25. The first-order valence-corrected chi connectivity index (χ1v) is 4.91. The maximum atomic E-state index is 13.1. The van der Waals surface area contributed by atoms with E-state index in [0.29, 0.717) is 0 Å². The maximum absolute atomic E-state index is 13.1. The molecular formula is C11H14FNO3. The second-order valence-electron chi connectivity index (χ2n) is 3.37. The first kappa shape index (κ1) is 12.4. The molecule has 0 saturated carbocycles. The molecule has 1 atom stereocenters. The highest BCUT2D eigenvalue weighted by Crippen LogP contribution is 2.14. The zero-order valence-corrected chi connectivity index (χ0v) is 8.94. The molecule has 1 aromatic carbocycles. The van der Waals surface area contributed by atoms with Crippen molar-refractivity contribution in [3.05, 3.63) is 30.1 Å². The van der Waals surface area contributed by atoms with Crippen LogP contribution in [0.4, 0.5) is 4.39 Å². The number of carbonyl (C=O) groups excluding carboxylic acids is 1. The fourth-order valence-corrected chi connectivity index (χ4v) is 1.02. The number of aliphatic hydroxyl groups excluding tert-OH is 1. The molecule has 0 aliphatic carbocycles. The van der Waals surface area contributed by atoms with Crippen LogP contribution < -0.4 is 10.1 Å². The average molecular weight is 227 g/mol. The second kappa shape index (κ2) is 6.07. The fraction of sp³-hybridized carbons (Fsp3) is 0.364. The highest BCUT2D eigenvalue weighted by Gasteiger charge is 2.06. The largest absolute Gasteiger partial charge is 0.481 e. The Hall–Kier alpha value is -1.62. The van der Waals surface area contributed by atoms with Gasteiger partial charge in [-0.1, -0.05) is 12.1 Å². The van der Waals surface area contributed by atoms with E-state index in [1.807, 2.05) is 0 Å². The van der Waals surface area contributed by atoms with Crippen LogP contribution in [0.25, 0.3) is 0 Å². The number of para-hydroxylation sites is 1. The number of carbonyl (C=O) groups is 1. The Kier molecular flexibility index (Phi) is 4.72. The quantitative estimate of drug-likeness (QED) is 0.778. The normalized spacial score (nSPS) is 11.9. The van der Waals surface area contributed by atoms with Crippen molar-refractivity contribution in [2.45, 2.75) is 13.0 Å². The molecule has 4 nitrogen and oxygen atoms in total. The standard InChI is InChI=1S/C11H14FNO3/c1-8(14)6-13-11(15)7-16-10-5-3-2-4-9(10)12/h2-5,8,14H,6-7H2,1H3,(H,13,15)/t8-/m0/s1. The summed E-state index contributed by atoms with van der Waals surface area (Å²) < 4.78 is 18.0. The number of hydrogen-bond donors (Lipinski definition) is 2. The van der Waals surface area contributed by atoms with Gasteiger partial charge in [0.15, 0.2) is 18.2 Å². The van der Waals surface area contributed by atoms with E-state index >= 15 is 0 Å². The van der Waals surface area contributed by atoms with Crippen LogP contribution in [0.1, 0.15) is 6.92 Å². The molecule has 0 aromatic heterocycles. The molecule has 2 N–H and O–H groups in total. The molecule has 0 aliphatic rings. The number of halogens is 1. The van der Waals surface area contributed by atoms with Crippen LogP contribution in [-0.2, 0) is 4.79 Å². The third-order valence-corrected chi connectivity index (χ3v) is 1.79. The highest BCUT2D eigenvalue weighted by molar-refractivity contribution is 5.77. The molecular weight excluding hydrogens is 213 g/mol. The zero-order valence-electron chi connectivity index (χ0n) is 8.94. The summed E-state index contributed by atoms with van der Waals surface area (Å²) in [6, 6.07) is 5.85. The van der Waals surface area contributed by atoms with Gasteiger partial charge in [0.05, 0.1) is 6.10 Å². The van der Waals surface area contributed by atoms with Crippen molar-refractivity contribution < 1.29 is 19.0 Å². The van der Waals surface area contributed by atoms with E-state index < -0.39 is 17.8 Å². The van der Waals surface area contributed by atoms with Gasteiger partial charge in [0.25, 0.3) is 5.91 Å². The van der Waals surface area contributed by atoms with Crippen LogP contribution in [0.2, 0.25) is 0 Å². The van der Waals surface area contributed by atoms with Crippen LogP contribution in [0.5, 0.6) is 5.75 Å². The zero-order chi connectivity index (χ0) is 12.0. The van der Waals surface area contributed by atoms with E-state index in [1.54, 1.807) is 13.0 Å². The molecule has 0 fully saturated rings. The third-order valence-electron chi connectivity index (χ3n) is 1.79. The Balaban J connectivity index is 2.35. The fourth-order valence-electron chi connectivity index (χ4n) is 1.02. The smallest absolute Gasteiger partial charge is 0.258 e. The Morgan fingerprint density at radius 2 is 2.25 bits per heavy atom. The van der Waals surface area contributed by atoms with Gasteiger partial charge in [-0.25, -0.2) is 4.39 Å². The summed E-state index contributed by atoms with van der Waals surface area (Å²) in [5.74, 6) is -0.871. The highest BCUT2D eigenvalue weighted by atomic mass is 19.1. The van der Waals surface area contributed by atoms with Crippen LogP contribution >= 0.6 is 0 Å². The van der Waals surface area contributed by atoms with E-state index in [1.165, 1.54) is 18.2 Å². The molecule has 0 bridgehead atoms. The predicted octanol–water partition coefficient (Wildman–Crippen LogP) is 0.701. The van der Waals surface area contributed by atoms with Gasteiger partial charge in [0.1, 0.15) is 0 Å². The topological polar surface area (TPSA) is 58.6 Å². The van der Waals surface area contributed by atoms with Crippen molar-refractivity contribution in [2.75, 3.05) is 13.2 Å². The number of benzene rings is 1. The van der Waals surface area contributed by atoms with Crippen molar-refractivity contribution >= 4 is 5.91 Å². The van der Waals surface area contributed by atoms with Gasteiger partial charge in [-0.2, -0.15) is 0 Å². The first-order chi connectivity index (χ1) is 7.59. The molecule has 0 aliphatic heterocycles. The lowest BCUT2D eigenvalue weighted by molar-refractivity contribution is -0.123. The first-order valence-electron chi connectivity index (χ1n) is 4.91. The van der Waals surface area contributed by atoms with Crippen molar-refractivity contribution in [3.8, 4) is 5.75 Å². The number of aliphatic hydroxyl groups is 1. The lowest BCUT2D eigenvalue weighted by atomic mass is 10.3. The van der Waals surface area contributed by atoms with Gasteiger partial charge in [0.2, 0.25) is 0 Å². The summed E-state index contributed by atoms with van der Waals surface area (Å²) in [5, 5.41) is 11.4. The van der Waals surface area contributed by atoms with Gasteiger partial charge in [-0.15, -0.1) is 0 Å². The minimum Gasteiger partial charge on any atom is -0.481 e. The monoisotopic (exact) mass is 227 g/mol. The summed E-state index contributed by atoms with van der Waals surface area (Å²) >= 11 is 0. The van der Waals surface area contributed by atoms with Gasteiger partial charge in [-0.3, -0.25) is 4.79 Å². The predicted molar refractivity (Wildman–Crippen MR) is 56.6 cm³/mol. The maximum Gasteiger partial charge on any atom is 0.258 e. The van der Waals surface area contributed by atoms with Crippen molar-refractivity contribution in [1.29, 1.82) is 0 Å². The summed E-state index contributed by atoms with van der Waals surface area (Å²) in [4.78, 5) is 11.2. The SMILES string of the molecule is C[C@H](O)CNC(=O)COc1ccccc1F. The molecule has 16 heavy (non-hydrogen) atoms. The Morgan fingerprint density at radius 1 is 1.56 bits per heavy atom. The lowest BCUT2D eigenvalue weighted by Crippen LogP contribution is -2.34. The van der Waals surface area contributed by atoms with Crippen molar-refractivity contribution in [1.82, 2.24) is 5.32 Å². The van der Waals surface area contributed by atoms with Crippen LogP contribution in [0.3, 0.4) is 0 Å². The van der Waals surface area contributed by atoms with E-state index in [0.717, 1.165) is 0 Å². The lowest BCUT2D eigenvalue weighted by Gasteiger charge is -2.08. The van der Waals surface area contributed by atoms with Gasteiger partial charge in [-0.05, 0) is 19.1 Å². The summed E-state index contributed by atoms with van der Waals surface area (Å²) in [6.45, 7) is 1.44. The Bertz CT molecular complexity index is 355. The molecule has 1 aromatic rings. The number of hydrogen-bond acceptors (Lipinski definition) is 3. The molecule has 0 heterocycles. The van der Waals surface area contributed by atoms with Gasteiger partial charge in [0, 0.05) is 6.54 Å². The van der Waals surface area contributed by atoms with E-state index in [9.17, 15) is 9.18 Å². The van der Waals surface area contributed by atoms with E-state index in [2.05, 4.69) is 5.32 Å². The van der Waals surface area contributed by atoms with Gasteiger partial charge < -0.3 is 15.2 Å². The third kappa shape index (κ3) is 4.27. The van der Waals surface area contributed by atoms with E-state index in [-0.39, 0.29) is 18.9 Å². The molecule has 5 heteroatoms. The van der Waals surface area contributed by atoms with E-state index in [4.69, 9.17) is 9.84 Å². The summed E-state index contributed by atoms with van der Waals surface area (Å²) in [5.41, 5.74) is 0. The Labute approximate surface area is 93.0 Å². The second-order valence-corrected chi connectivity index (χ2v) is 3.37. The molecule has 1 amide bonds. The van der Waals surface area contributed by atoms with Crippen LogP contribution in [0, 0.1) is 5.82 Å². The summed E-state index contributed by atoms with van der Waals surface area (Å²) in [6.07, 6.45) is -0.614. The molecule has 0 unspecified atom stereocenters. The molecule has 0 radical (unpaired) electrons. The molecule has 0 saturated heterocycles. The van der Waals surface area contributed by atoms with Crippen molar-refractivity contribution in [3.63, 3.8) is 0 Å². The number of ether oxygens (including phenoxy) is 1. The molecule has 1 rings (SSSR count). The minimum atomic E-state index is -0.614. The van der Waals surface area contributed by atoms with Crippen molar-refractivity contribution in [2.24, 2.45) is 0 Å². The number of rotatable bonds is 5. The molecule has 0 spiro atoms. The van der Waals surface area contributed by atoms with Gasteiger partial charge >= 0.3 is 0 Å². The molecule has 88 valence electrons. The van der Waals surface area contributed by atoms with Crippen LogP contribution in [-0.4, -0.2) is 30.3 Å². The summed E-state index contributed by atoms with van der Waals surface area (Å²) in [7, 11) is 0.